The number of hydrogen-bond acceptors (Lipinski definition) is 3. The molecular formula is C13H24ClN3. The maximum atomic E-state index is 4.28. The van der Waals surface area contributed by atoms with Crippen LogP contribution >= 0.6 is 12.4 Å². The molecule has 0 aromatic carbocycles. The predicted octanol–water partition coefficient (Wildman–Crippen LogP) is 2.24. The second-order valence-electron chi connectivity index (χ2n) is 4.40. The van der Waals surface area contributed by atoms with Crippen LogP contribution in [0.1, 0.15) is 24.6 Å². The van der Waals surface area contributed by atoms with Gasteiger partial charge in [-0.2, -0.15) is 0 Å². The molecule has 1 heterocycles. The van der Waals surface area contributed by atoms with E-state index in [0.29, 0.717) is 6.04 Å². The van der Waals surface area contributed by atoms with Crippen LogP contribution in [0.25, 0.3) is 0 Å². The van der Waals surface area contributed by atoms with Crippen molar-refractivity contribution in [1.82, 2.24) is 15.2 Å². The van der Waals surface area contributed by atoms with E-state index in [1.54, 1.807) is 0 Å². The molecule has 0 bridgehead atoms. The summed E-state index contributed by atoms with van der Waals surface area (Å²) >= 11 is 0. The predicted molar refractivity (Wildman–Crippen MR) is 75.7 cm³/mol. The first-order chi connectivity index (χ1) is 7.65. The molecule has 3 nitrogen and oxygen atoms in total. The summed E-state index contributed by atoms with van der Waals surface area (Å²) in [4.78, 5) is 6.55. The number of aromatic nitrogens is 1. The van der Waals surface area contributed by atoms with Gasteiger partial charge in [0, 0.05) is 31.0 Å². The lowest BCUT2D eigenvalue weighted by atomic mass is 10.2. The minimum Gasteiger partial charge on any atom is -0.311 e. The van der Waals surface area contributed by atoms with E-state index in [0.717, 1.165) is 18.8 Å². The van der Waals surface area contributed by atoms with E-state index < -0.39 is 0 Å². The van der Waals surface area contributed by atoms with Crippen LogP contribution in [-0.2, 0) is 6.54 Å². The first-order valence-electron chi connectivity index (χ1n) is 5.92. The number of nitrogens with one attached hydrogen (secondary N) is 1. The molecule has 0 saturated carbocycles. The van der Waals surface area contributed by atoms with Gasteiger partial charge in [-0.1, -0.05) is 13.0 Å². The minimum atomic E-state index is 0. The molecule has 98 valence electrons. The molecule has 1 aromatic heterocycles. The fraction of sp³-hybridized carbons (Fsp3) is 0.615. The Kier molecular flexibility index (Phi) is 8.13. The average molecular weight is 258 g/mol. The van der Waals surface area contributed by atoms with Gasteiger partial charge in [0.15, 0.2) is 0 Å². The van der Waals surface area contributed by atoms with Gasteiger partial charge in [-0.25, -0.2) is 0 Å². The third-order valence-electron chi connectivity index (χ3n) is 3.01. The van der Waals surface area contributed by atoms with Gasteiger partial charge in [0.2, 0.25) is 0 Å². The van der Waals surface area contributed by atoms with Crippen molar-refractivity contribution in [2.45, 2.75) is 32.9 Å². The number of rotatable bonds is 6. The number of likely N-dealkylation sites (N-methyl/N-ethyl adjacent to an activating group) is 1. The van der Waals surface area contributed by atoms with E-state index >= 15 is 0 Å². The molecule has 0 aliphatic heterocycles. The van der Waals surface area contributed by atoms with Crippen LogP contribution in [0, 0.1) is 6.92 Å². The zero-order valence-electron chi connectivity index (χ0n) is 11.2. The lowest BCUT2D eigenvalue weighted by Gasteiger charge is -2.23. The largest absolute Gasteiger partial charge is 0.311 e. The maximum absolute atomic E-state index is 4.28. The van der Waals surface area contributed by atoms with Crippen molar-refractivity contribution in [3.05, 3.63) is 29.6 Å². The molecule has 1 aromatic rings. The SMILES string of the molecule is CCC(CNCc1cccnc1C)N(C)C.Cl. The van der Waals surface area contributed by atoms with Crippen LogP contribution in [0.4, 0.5) is 0 Å². The van der Waals surface area contributed by atoms with Crippen LogP contribution in [0.3, 0.4) is 0 Å². The Hall–Kier alpha value is -0.640. The summed E-state index contributed by atoms with van der Waals surface area (Å²) in [5, 5.41) is 3.49. The number of pyridine rings is 1. The molecule has 1 unspecified atom stereocenters. The van der Waals surface area contributed by atoms with Gasteiger partial charge < -0.3 is 10.2 Å². The third-order valence-corrected chi connectivity index (χ3v) is 3.01. The van der Waals surface area contributed by atoms with E-state index in [4.69, 9.17) is 0 Å². The highest BCUT2D eigenvalue weighted by atomic mass is 35.5. The Morgan fingerprint density at radius 3 is 2.65 bits per heavy atom. The molecule has 0 aliphatic rings. The van der Waals surface area contributed by atoms with Gasteiger partial charge in [0.1, 0.15) is 0 Å². The molecule has 0 saturated heterocycles. The van der Waals surface area contributed by atoms with E-state index in [1.807, 2.05) is 12.3 Å². The van der Waals surface area contributed by atoms with Gasteiger partial charge >= 0.3 is 0 Å². The summed E-state index contributed by atoms with van der Waals surface area (Å²) in [7, 11) is 4.26. The van der Waals surface area contributed by atoms with Crippen molar-refractivity contribution in [3.8, 4) is 0 Å². The molecule has 0 spiro atoms. The highest BCUT2D eigenvalue weighted by molar-refractivity contribution is 5.85. The van der Waals surface area contributed by atoms with Gasteiger partial charge in [0.25, 0.3) is 0 Å². The van der Waals surface area contributed by atoms with Crippen molar-refractivity contribution < 1.29 is 0 Å². The number of hydrogen-bond donors (Lipinski definition) is 1. The second-order valence-corrected chi connectivity index (χ2v) is 4.40. The summed E-state index contributed by atoms with van der Waals surface area (Å²) in [6.45, 7) is 6.21. The van der Waals surface area contributed by atoms with Crippen LogP contribution in [0.5, 0.6) is 0 Å². The van der Waals surface area contributed by atoms with Crippen LogP contribution in [-0.4, -0.2) is 36.6 Å². The maximum Gasteiger partial charge on any atom is 0.0417 e. The molecule has 1 rings (SSSR count). The summed E-state index contributed by atoms with van der Waals surface area (Å²) in [5.74, 6) is 0. The lowest BCUT2D eigenvalue weighted by molar-refractivity contribution is 0.276. The third kappa shape index (κ3) is 5.48. The first kappa shape index (κ1) is 16.4. The van der Waals surface area contributed by atoms with Crippen LogP contribution < -0.4 is 5.32 Å². The summed E-state index contributed by atoms with van der Waals surface area (Å²) in [5.41, 5.74) is 2.41. The zero-order valence-corrected chi connectivity index (χ0v) is 12.0. The highest BCUT2D eigenvalue weighted by Gasteiger charge is 2.07. The van der Waals surface area contributed by atoms with Gasteiger partial charge in [-0.05, 0) is 39.1 Å². The Balaban J connectivity index is 0.00000256. The van der Waals surface area contributed by atoms with Crippen LogP contribution in [0.2, 0.25) is 0 Å². The molecule has 0 radical (unpaired) electrons. The molecular weight excluding hydrogens is 234 g/mol. The Morgan fingerprint density at radius 1 is 1.41 bits per heavy atom. The lowest BCUT2D eigenvalue weighted by Crippen LogP contribution is -2.37. The molecule has 0 amide bonds. The Morgan fingerprint density at radius 2 is 2.12 bits per heavy atom. The normalized spacial score (nSPS) is 12.3. The smallest absolute Gasteiger partial charge is 0.0417 e. The molecule has 1 atom stereocenters. The molecule has 1 N–H and O–H groups in total. The minimum absolute atomic E-state index is 0. The van der Waals surface area contributed by atoms with Crippen molar-refractivity contribution in [1.29, 1.82) is 0 Å². The number of nitrogens with zero attached hydrogens (tertiary/aromatic N) is 2. The monoisotopic (exact) mass is 257 g/mol. The standard InChI is InChI=1S/C13H23N3.ClH/c1-5-13(16(3)4)10-14-9-12-7-6-8-15-11(12)2;/h6-8,13-14H,5,9-10H2,1-4H3;1H. The second kappa shape index (κ2) is 8.45. The van der Waals surface area contributed by atoms with E-state index in [1.165, 1.54) is 12.0 Å². The molecule has 0 fully saturated rings. The van der Waals surface area contributed by atoms with Crippen molar-refractivity contribution >= 4 is 12.4 Å². The quantitative estimate of drug-likeness (QED) is 0.847. The summed E-state index contributed by atoms with van der Waals surface area (Å²) in [6, 6.07) is 4.73. The van der Waals surface area contributed by atoms with E-state index in [-0.39, 0.29) is 12.4 Å². The van der Waals surface area contributed by atoms with E-state index in [2.05, 4.69) is 49.2 Å². The number of aryl methyl sites for hydroxylation is 1. The topological polar surface area (TPSA) is 28.2 Å². The Bertz CT molecular complexity index is 315. The van der Waals surface area contributed by atoms with E-state index in [9.17, 15) is 0 Å². The zero-order chi connectivity index (χ0) is 12.0. The fourth-order valence-corrected chi connectivity index (χ4v) is 1.77. The number of halogens is 1. The van der Waals surface area contributed by atoms with Gasteiger partial charge in [-0.15, -0.1) is 12.4 Å². The Labute approximate surface area is 111 Å². The molecule has 17 heavy (non-hydrogen) atoms. The fourth-order valence-electron chi connectivity index (χ4n) is 1.77. The molecule has 4 heteroatoms. The highest BCUT2D eigenvalue weighted by Crippen LogP contribution is 2.03. The van der Waals surface area contributed by atoms with Crippen molar-refractivity contribution in [2.24, 2.45) is 0 Å². The van der Waals surface area contributed by atoms with Gasteiger partial charge in [-0.3, -0.25) is 4.98 Å². The molecule has 0 aliphatic carbocycles. The summed E-state index contributed by atoms with van der Waals surface area (Å²) < 4.78 is 0. The average Bonchev–Trinajstić information content (AvgIpc) is 2.26. The first-order valence-corrected chi connectivity index (χ1v) is 5.92. The van der Waals surface area contributed by atoms with Crippen molar-refractivity contribution in [3.63, 3.8) is 0 Å². The van der Waals surface area contributed by atoms with Gasteiger partial charge in [0.05, 0.1) is 0 Å². The summed E-state index contributed by atoms with van der Waals surface area (Å²) in [6.07, 6.45) is 3.01. The van der Waals surface area contributed by atoms with Crippen LogP contribution in [0.15, 0.2) is 18.3 Å². The van der Waals surface area contributed by atoms with Crippen molar-refractivity contribution in [2.75, 3.05) is 20.6 Å².